The molecule has 6 heteroatoms. The van der Waals surface area contributed by atoms with Gasteiger partial charge in [0.15, 0.2) is 0 Å². The molecule has 0 aliphatic carbocycles. The van der Waals surface area contributed by atoms with Gasteiger partial charge in [0, 0.05) is 24.7 Å². The van der Waals surface area contributed by atoms with Crippen molar-refractivity contribution < 1.29 is 9.53 Å². The maximum atomic E-state index is 12.9. The van der Waals surface area contributed by atoms with Crippen molar-refractivity contribution in [1.29, 1.82) is 0 Å². The van der Waals surface area contributed by atoms with Gasteiger partial charge in [-0.15, -0.1) is 11.3 Å². The Hall–Kier alpha value is -2.47. The lowest BCUT2D eigenvalue weighted by molar-refractivity contribution is 0.0789. The van der Waals surface area contributed by atoms with E-state index in [0.717, 1.165) is 43.5 Å². The third kappa shape index (κ3) is 3.35. The lowest BCUT2D eigenvalue weighted by Crippen LogP contribution is -2.26. The molecule has 1 aromatic carbocycles. The molecule has 0 aliphatic heterocycles. The predicted molar refractivity (Wildman–Crippen MR) is 100 cm³/mol. The first-order valence-corrected chi connectivity index (χ1v) is 8.85. The topological polar surface area (TPSA) is 55.3 Å². The number of amides is 1. The van der Waals surface area contributed by atoms with Gasteiger partial charge < -0.3 is 9.64 Å². The van der Waals surface area contributed by atoms with E-state index in [1.165, 1.54) is 11.3 Å². The van der Waals surface area contributed by atoms with Crippen molar-refractivity contribution >= 4 is 27.5 Å². The van der Waals surface area contributed by atoms with E-state index in [1.54, 1.807) is 12.0 Å². The second-order valence-corrected chi connectivity index (χ2v) is 7.10. The minimum absolute atomic E-state index is 0.000345. The Bertz CT molecular complexity index is 949. The summed E-state index contributed by atoms with van der Waals surface area (Å²) in [6.07, 6.45) is 0. The van der Waals surface area contributed by atoms with Gasteiger partial charge in [0.05, 0.1) is 12.0 Å². The number of benzene rings is 1. The molecule has 5 nitrogen and oxygen atoms in total. The summed E-state index contributed by atoms with van der Waals surface area (Å²) in [5, 5.41) is 0.994. The summed E-state index contributed by atoms with van der Waals surface area (Å²) in [6, 6.07) is 7.76. The lowest BCUT2D eigenvalue weighted by atomic mass is 10.1. The van der Waals surface area contributed by atoms with Crippen LogP contribution in [-0.4, -0.2) is 34.9 Å². The van der Waals surface area contributed by atoms with Crippen molar-refractivity contribution in [2.75, 3.05) is 14.2 Å². The summed E-state index contributed by atoms with van der Waals surface area (Å²) in [6.45, 7) is 6.33. The molecular weight excluding hydrogens is 334 g/mol. The fourth-order valence-electron chi connectivity index (χ4n) is 2.97. The maximum absolute atomic E-state index is 12.9. The minimum atomic E-state index is 0.000345. The second-order valence-electron chi connectivity index (χ2n) is 6.11. The number of carbonyl (C=O) groups is 1. The number of rotatable bonds is 4. The highest BCUT2D eigenvalue weighted by Crippen LogP contribution is 2.32. The zero-order valence-electron chi connectivity index (χ0n) is 15.1. The van der Waals surface area contributed by atoms with Crippen molar-refractivity contribution in [2.45, 2.75) is 27.3 Å². The normalized spacial score (nSPS) is 10.9. The quantitative estimate of drug-likeness (QED) is 0.712. The summed E-state index contributed by atoms with van der Waals surface area (Å²) in [5.74, 6) is 1.52. The fraction of sp³-hybridized carbons (Fsp3) is 0.316. The van der Waals surface area contributed by atoms with Crippen molar-refractivity contribution in [3.05, 3.63) is 51.8 Å². The molecule has 3 aromatic rings. The van der Waals surface area contributed by atoms with Gasteiger partial charge in [-0.2, -0.15) is 0 Å². The monoisotopic (exact) mass is 355 g/mol. The molecule has 0 N–H and O–H groups in total. The Morgan fingerprint density at radius 3 is 2.72 bits per heavy atom. The highest BCUT2D eigenvalue weighted by atomic mass is 32.1. The van der Waals surface area contributed by atoms with E-state index in [2.05, 4.69) is 9.97 Å². The molecule has 0 aliphatic rings. The number of methoxy groups -OCH3 is 1. The summed E-state index contributed by atoms with van der Waals surface area (Å²) in [7, 11) is 3.45. The van der Waals surface area contributed by atoms with Crippen LogP contribution in [0.25, 0.3) is 10.2 Å². The van der Waals surface area contributed by atoms with Crippen molar-refractivity contribution in [3.8, 4) is 5.75 Å². The summed E-state index contributed by atoms with van der Waals surface area (Å²) in [4.78, 5) is 25.2. The van der Waals surface area contributed by atoms with Crippen molar-refractivity contribution in [1.82, 2.24) is 14.9 Å². The molecular formula is C19H21N3O2S. The van der Waals surface area contributed by atoms with E-state index in [9.17, 15) is 4.79 Å². The van der Waals surface area contributed by atoms with E-state index in [0.29, 0.717) is 6.54 Å². The van der Waals surface area contributed by atoms with E-state index in [4.69, 9.17) is 4.74 Å². The Labute approximate surface area is 151 Å². The number of thiophene rings is 1. The van der Waals surface area contributed by atoms with Crippen LogP contribution in [0, 0.1) is 20.8 Å². The molecule has 2 aromatic heterocycles. The molecule has 0 radical (unpaired) electrons. The van der Waals surface area contributed by atoms with Gasteiger partial charge in [0.25, 0.3) is 5.91 Å². The maximum Gasteiger partial charge on any atom is 0.264 e. The number of fused-ring (bicyclic) bond motifs is 1. The van der Waals surface area contributed by atoms with Crippen molar-refractivity contribution in [2.24, 2.45) is 0 Å². The number of hydrogen-bond acceptors (Lipinski definition) is 5. The third-order valence-electron chi connectivity index (χ3n) is 4.18. The number of nitrogens with zero attached hydrogens (tertiary/aromatic N) is 3. The number of hydrogen-bond donors (Lipinski definition) is 0. The van der Waals surface area contributed by atoms with Gasteiger partial charge in [0.1, 0.15) is 16.4 Å². The molecule has 0 atom stereocenters. The van der Waals surface area contributed by atoms with Gasteiger partial charge in [-0.3, -0.25) is 4.79 Å². The van der Waals surface area contributed by atoms with E-state index < -0.39 is 0 Å². The zero-order chi connectivity index (χ0) is 18.1. The molecule has 0 spiro atoms. The van der Waals surface area contributed by atoms with Crippen LogP contribution in [0.2, 0.25) is 0 Å². The summed E-state index contributed by atoms with van der Waals surface area (Å²) < 4.78 is 5.25. The Morgan fingerprint density at radius 1 is 1.24 bits per heavy atom. The van der Waals surface area contributed by atoms with Crippen LogP contribution in [0.1, 0.15) is 32.3 Å². The SMILES string of the molecule is COc1cccc(CN(C)C(=O)c2sc3nc(C)nc(C)c3c2C)c1. The van der Waals surface area contributed by atoms with Gasteiger partial charge in [0.2, 0.25) is 0 Å². The first kappa shape index (κ1) is 17.4. The van der Waals surface area contributed by atoms with E-state index in [1.807, 2.05) is 52.1 Å². The third-order valence-corrected chi connectivity index (χ3v) is 5.35. The summed E-state index contributed by atoms with van der Waals surface area (Å²) in [5.41, 5.74) is 2.91. The van der Waals surface area contributed by atoms with E-state index >= 15 is 0 Å². The average Bonchev–Trinajstić information content (AvgIpc) is 2.90. The van der Waals surface area contributed by atoms with Crippen LogP contribution < -0.4 is 4.74 Å². The Kier molecular flexibility index (Phi) is 4.72. The van der Waals surface area contributed by atoms with Crippen molar-refractivity contribution in [3.63, 3.8) is 0 Å². The fourth-order valence-corrected chi connectivity index (χ4v) is 4.24. The van der Waals surface area contributed by atoms with Gasteiger partial charge in [-0.25, -0.2) is 9.97 Å². The molecule has 2 heterocycles. The molecule has 0 unspecified atom stereocenters. The molecule has 0 bridgehead atoms. The molecule has 0 saturated heterocycles. The smallest absolute Gasteiger partial charge is 0.264 e. The van der Waals surface area contributed by atoms with Crippen LogP contribution in [-0.2, 0) is 6.54 Å². The second kappa shape index (κ2) is 6.80. The van der Waals surface area contributed by atoms with Crippen LogP contribution in [0.3, 0.4) is 0 Å². The zero-order valence-corrected chi connectivity index (χ0v) is 15.9. The van der Waals surface area contributed by atoms with Crippen LogP contribution >= 0.6 is 11.3 Å². The molecule has 1 amide bonds. The van der Waals surface area contributed by atoms with Gasteiger partial charge in [-0.05, 0) is 44.0 Å². The molecule has 130 valence electrons. The number of aromatic nitrogens is 2. The first-order chi connectivity index (χ1) is 11.9. The molecule has 0 fully saturated rings. The lowest BCUT2D eigenvalue weighted by Gasteiger charge is -2.17. The van der Waals surface area contributed by atoms with Gasteiger partial charge in [-0.1, -0.05) is 12.1 Å². The van der Waals surface area contributed by atoms with Gasteiger partial charge >= 0.3 is 0 Å². The van der Waals surface area contributed by atoms with Crippen LogP contribution in [0.5, 0.6) is 5.75 Å². The number of carbonyl (C=O) groups excluding carboxylic acids is 1. The first-order valence-electron chi connectivity index (χ1n) is 8.03. The highest BCUT2D eigenvalue weighted by molar-refractivity contribution is 7.20. The Morgan fingerprint density at radius 2 is 2.00 bits per heavy atom. The summed E-state index contributed by atoms with van der Waals surface area (Å²) >= 11 is 1.44. The van der Waals surface area contributed by atoms with Crippen LogP contribution in [0.4, 0.5) is 0 Å². The average molecular weight is 355 g/mol. The predicted octanol–water partition coefficient (Wildman–Crippen LogP) is 3.90. The van der Waals surface area contributed by atoms with Crippen LogP contribution in [0.15, 0.2) is 24.3 Å². The molecule has 0 saturated carbocycles. The van der Waals surface area contributed by atoms with E-state index in [-0.39, 0.29) is 5.91 Å². The largest absolute Gasteiger partial charge is 0.497 e. The standard InChI is InChI=1S/C19H21N3O2S/c1-11-16-12(2)20-13(3)21-18(16)25-17(11)19(23)22(4)10-14-7-6-8-15(9-14)24-5/h6-9H,10H2,1-5H3. The highest BCUT2D eigenvalue weighted by Gasteiger charge is 2.21. The Balaban J connectivity index is 1.90. The minimum Gasteiger partial charge on any atom is -0.497 e. The number of aryl methyl sites for hydroxylation is 3. The molecule has 3 rings (SSSR count). The number of ether oxygens (including phenoxy) is 1. The molecule has 25 heavy (non-hydrogen) atoms.